The van der Waals surface area contributed by atoms with Crippen molar-refractivity contribution in [2.75, 3.05) is 0 Å². The van der Waals surface area contributed by atoms with Crippen LogP contribution in [0.25, 0.3) is 0 Å². The molecule has 0 radical (unpaired) electrons. The predicted octanol–water partition coefficient (Wildman–Crippen LogP) is 3.36. The highest BCUT2D eigenvalue weighted by Crippen LogP contribution is 2.51. The van der Waals surface area contributed by atoms with E-state index in [1.165, 1.54) is 0 Å². The first-order valence-corrected chi connectivity index (χ1v) is 7.58. The summed E-state index contributed by atoms with van der Waals surface area (Å²) in [5.41, 5.74) is 0.479. The molecule has 108 valence electrons. The van der Waals surface area contributed by atoms with Gasteiger partial charge in [0, 0.05) is 6.04 Å². The number of imidazole rings is 1. The van der Waals surface area contributed by atoms with E-state index in [0.29, 0.717) is 6.04 Å². The number of rotatable bonds is 3. The van der Waals surface area contributed by atoms with Crippen molar-refractivity contribution < 1.29 is 5.11 Å². The normalized spacial score (nSPS) is 25.9. The highest BCUT2D eigenvalue weighted by molar-refractivity contribution is 5.17. The first-order chi connectivity index (χ1) is 9.47. The summed E-state index contributed by atoms with van der Waals surface area (Å²) in [5.74, 6) is 0. The monoisotopic (exact) mass is 273 g/mol. The molecule has 4 heteroatoms. The van der Waals surface area contributed by atoms with Crippen LogP contribution in [0.5, 0.6) is 0 Å². The lowest BCUT2D eigenvalue weighted by Gasteiger charge is -2.41. The van der Waals surface area contributed by atoms with E-state index in [0.717, 1.165) is 44.2 Å². The van der Waals surface area contributed by atoms with Crippen LogP contribution in [0.1, 0.15) is 70.2 Å². The van der Waals surface area contributed by atoms with Gasteiger partial charge in [-0.1, -0.05) is 13.8 Å². The maximum absolute atomic E-state index is 10.8. The lowest BCUT2D eigenvalue weighted by Crippen LogP contribution is -2.36. The topological polar surface area (TPSA) is 61.8 Å². The molecule has 2 saturated carbocycles. The van der Waals surface area contributed by atoms with Crippen molar-refractivity contribution in [3.8, 4) is 6.07 Å². The predicted molar refractivity (Wildman–Crippen MR) is 75.8 cm³/mol. The van der Waals surface area contributed by atoms with E-state index in [2.05, 4.69) is 29.5 Å². The minimum Gasteiger partial charge on any atom is -0.385 e. The van der Waals surface area contributed by atoms with Crippen molar-refractivity contribution in [3.05, 3.63) is 18.2 Å². The van der Waals surface area contributed by atoms with Crippen LogP contribution in [0.2, 0.25) is 0 Å². The first kappa shape index (κ1) is 13.6. The Hall–Kier alpha value is -1.34. The Morgan fingerprint density at radius 2 is 2.00 bits per heavy atom. The molecule has 2 aliphatic carbocycles. The minimum absolute atomic E-state index is 0.288. The van der Waals surface area contributed by atoms with Crippen molar-refractivity contribution >= 4 is 0 Å². The van der Waals surface area contributed by atoms with Gasteiger partial charge < -0.3 is 9.67 Å². The molecule has 0 aliphatic heterocycles. The molecule has 2 fully saturated rings. The molecule has 0 aromatic carbocycles. The molecule has 1 aromatic rings. The second-order valence-corrected chi connectivity index (χ2v) is 7.29. The van der Waals surface area contributed by atoms with Gasteiger partial charge in [-0.3, -0.25) is 0 Å². The molecule has 1 N–H and O–H groups in total. The number of aliphatic hydroxyl groups excluding tert-OH is 1. The maximum Gasteiger partial charge on any atom is 0.114 e. The fraction of sp³-hybridized carbons (Fsp3) is 0.750. The molecule has 1 unspecified atom stereocenters. The largest absolute Gasteiger partial charge is 0.385 e. The zero-order chi connectivity index (χ0) is 14.4. The Labute approximate surface area is 120 Å². The molecule has 1 aromatic heterocycles. The second kappa shape index (κ2) is 4.60. The number of aliphatic hydroxyl groups is 1. The Morgan fingerprint density at radius 1 is 1.35 bits per heavy atom. The number of hydrogen-bond acceptors (Lipinski definition) is 3. The summed E-state index contributed by atoms with van der Waals surface area (Å²) in [4.78, 5) is 4.19. The van der Waals surface area contributed by atoms with E-state index in [-0.39, 0.29) is 5.41 Å². The molecule has 0 saturated heterocycles. The summed E-state index contributed by atoms with van der Waals surface area (Å²) in [6.45, 7) is 4.49. The van der Waals surface area contributed by atoms with Gasteiger partial charge in [0.1, 0.15) is 6.10 Å². The molecule has 1 atom stereocenters. The Morgan fingerprint density at radius 3 is 2.55 bits per heavy atom. The zero-order valence-electron chi connectivity index (χ0n) is 12.3. The first-order valence-electron chi connectivity index (χ1n) is 7.58. The molecule has 0 spiro atoms. The molecule has 20 heavy (non-hydrogen) atoms. The van der Waals surface area contributed by atoms with E-state index < -0.39 is 11.5 Å². The zero-order valence-corrected chi connectivity index (χ0v) is 12.3. The van der Waals surface area contributed by atoms with Gasteiger partial charge in [0.25, 0.3) is 0 Å². The summed E-state index contributed by atoms with van der Waals surface area (Å²) < 4.78 is 2.07. The lowest BCUT2D eigenvalue weighted by molar-refractivity contribution is 0.00484. The fourth-order valence-corrected chi connectivity index (χ4v) is 3.29. The lowest BCUT2D eigenvalue weighted by atomic mass is 9.63. The van der Waals surface area contributed by atoms with Gasteiger partial charge in [-0.2, -0.15) is 5.26 Å². The van der Waals surface area contributed by atoms with Gasteiger partial charge in [-0.25, -0.2) is 4.98 Å². The smallest absolute Gasteiger partial charge is 0.114 e. The average molecular weight is 273 g/mol. The molecular formula is C16H23N3O. The molecular weight excluding hydrogens is 250 g/mol. The molecule has 4 nitrogen and oxygen atoms in total. The highest BCUT2D eigenvalue weighted by atomic mass is 16.3. The highest BCUT2D eigenvalue weighted by Gasteiger charge is 2.46. The van der Waals surface area contributed by atoms with E-state index in [4.69, 9.17) is 0 Å². The Kier molecular flexibility index (Phi) is 3.13. The van der Waals surface area contributed by atoms with Crippen LogP contribution in [0, 0.1) is 22.2 Å². The van der Waals surface area contributed by atoms with Crippen LogP contribution in [-0.2, 0) is 0 Å². The summed E-state index contributed by atoms with van der Waals surface area (Å²) >= 11 is 0. The number of nitrogens with zero attached hydrogens (tertiary/aromatic N) is 3. The van der Waals surface area contributed by atoms with Crippen molar-refractivity contribution in [3.63, 3.8) is 0 Å². The van der Waals surface area contributed by atoms with Crippen LogP contribution >= 0.6 is 0 Å². The summed E-state index contributed by atoms with van der Waals surface area (Å²) in [6.07, 6.45) is 8.67. The van der Waals surface area contributed by atoms with Crippen molar-refractivity contribution in [2.24, 2.45) is 10.8 Å². The van der Waals surface area contributed by atoms with Gasteiger partial charge in [0.15, 0.2) is 0 Å². The Balaban J connectivity index is 1.86. The molecule has 1 heterocycles. The van der Waals surface area contributed by atoms with Crippen LogP contribution in [-0.4, -0.2) is 14.7 Å². The second-order valence-electron chi connectivity index (χ2n) is 7.29. The standard InChI is InChI=1S/C16H23N3O/c1-15(2)5-7-16(10-17,8-6-15)14(20)13-9-18-11-19(13)12-3-4-12/h9,11-12,14,20H,3-8H2,1-2H3. The minimum atomic E-state index is -0.716. The maximum atomic E-state index is 10.8. The van der Waals surface area contributed by atoms with Crippen LogP contribution in [0.15, 0.2) is 12.5 Å². The fourth-order valence-electron chi connectivity index (χ4n) is 3.29. The summed E-state index contributed by atoms with van der Waals surface area (Å²) in [6, 6.07) is 2.92. The van der Waals surface area contributed by atoms with E-state index in [1.807, 2.05) is 0 Å². The van der Waals surface area contributed by atoms with Gasteiger partial charge in [-0.05, 0) is 43.9 Å². The molecule has 0 bridgehead atoms. The van der Waals surface area contributed by atoms with Crippen LogP contribution in [0.4, 0.5) is 0 Å². The Bertz CT molecular complexity index is 526. The third kappa shape index (κ3) is 2.25. The van der Waals surface area contributed by atoms with Crippen molar-refractivity contribution in [1.29, 1.82) is 5.26 Å². The van der Waals surface area contributed by atoms with Crippen LogP contribution < -0.4 is 0 Å². The molecule has 3 rings (SSSR count). The van der Waals surface area contributed by atoms with Crippen LogP contribution in [0.3, 0.4) is 0 Å². The number of hydrogen-bond donors (Lipinski definition) is 1. The molecule has 2 aliphatic rings. The van der Waals surface area contributed by atoms with Crippen molar-refractivity contribution in [1.82, 2.24) is 9.55 Å². The third-order valence-electron chi connectivity index (χ3n) is 5.16. The van der Waals surface area contributed by atoms with E-state index >= 15 is 0 Å². The van der Waals surface area contributed by atoms with Gasteiger partial charge in [0.05, 0.1) is 29.7 Å². The summed E-state index contributed by atoms with van der Waals surface area (Å²) in [7, 11) is 0. The van der Waals surface area contributed by atoms with E-state index in [9.17, 15) is 10.4 Å². The van der Waals surface area contributed by atoms with Gasteiger partial charge in [-0.15, -0.1) is 0 Å². The SMILES string of the molecule is CC1(C)CCC(C#N)(C(O)c2cncn2C2CC2)CC1. The molecule has 0 amide bonds. The average Bonchev–Trinajstić information content (AvgIpc) is 3.16. The van der Waals surface area contributed by atoms with Crippen molar-refractivity contribution in [2.45, 2.75) is 64.5 Å². The quantitative estimate of drug-likeness (QED) is 0.918. The van der Waals surface area contributed by atoms with E-state index in [1.54, 1.807) is 12.5 Å². The number of nitriles is 1. The third-order valence-corrected chi connectivity index (χ3v) is 5.16. The van der Waals surface area contributed by atoms with Gasteiger partial charge in [0.2, 0.25) is 0 Å². The summed E-state index contributed by atoms with van der Waals surface area (Å²) in [5, 5.41) is 20.5. The van der Waals surface area contributed by atoms with Gasteiger partial charge >= 0.3 is 0 Å². The number of aromatic nitrogens is 2.